The molecular weight excluding hydrogens is 402 g/mol. The molecule has 4 atom stereocenters. The van der Waals surface area contributed by atoms with Gasteiger partial charge in [-0.1, -0.05) is 0 Å². The number of nitrogens with zero attached hydrogens (tertiary/aromatic N) is 2. The maximum atomic E-state index is 11.4. The van der Waals surface area contributed by atoms with Crippen LogP contribution in [0.3, 0.4) is 0 Å². The van der Waals surface area contributed by atoms with E-state index in [1.807, 2.05) is 4.98 Å². The van der Waals surface area contributed by atoms with Crippen molar-refractivity contribution in [2.24, 2.45) is 0 Å². The number of rotatable bonds is 2. The number of aliphatic hydroxyl groups is 3. The van der Waals surface area contributed by atoms with Gasteiger partial charge in [0.05, 0.1) is 6.61 Å². The van der Waals surface area contributed by atoms with Crippen LogP contribution >= 0.6 is 0 Å². The number of hydrogen-bond donors (Lipinski definition) is 7. The molecule has 0 amide bonds. The van der Waals surface area contributed by atoms with Crippen molar-refractivity contribution in [2.75, 3.05) is 6.61 Å². The summed E-state index contributed by atoms with van der Waals surface area (Å²) in [6, 6.07) is 0. The van der Waals surface area contributed by atoms with Crippen molar-refractivity contribution in [3.8, 4) is 0 Å². The number of carboxylic acid groups (broad SMARTS) is 3. The summed E-state index contributed by atoms with van der Waals surface area (Å²) in [5, 5.41) is 53.7. The first kappa shape index (κ1) is 28.1. The molecule has 0 radical (unpaired) electrons. The monoisotopic (exact) mass is 425 g/mol. The Morgan fingerprint density at radius 2 is 1.45 bits per heavy atom. The van der Waals surface area contributed by atoms with Gasteiger partial charge in [-0.15, -0.1) is 0 Å². The van der Waals surface area contributed by atoms with Crippen LogP contribution in [0.5, 0.6) is 0 Å². The van der Waals surface area contributed by atoms with E-state index in [-0.39, 0.29) is 0 Å². The lowest BCUT2D eigenvalue weighted by molar-refractivity contribution is -0.135. The van der Waals surface area contributed by atoms with E-state index in [0.717, 1.165) is 27.0 Å². The van der Waals surface area contributed by atoms with Gasteiger partial charge in [-0.05, 0) is 0 Å². The van der Waals surface area contributed by atoms with Gasteiger partial charge in [-0.2, -0.15) is 9.78 Å². The first-order valence-corrected chi connectivity index (χ1v) is 7.63. The lowest BCUT2D eigenvalue weighted by Gasteiger charge is -2.14. The molecule has 1 aromatic rings. The van der Waals surface area contributed by atoms with Gasteiger partial charge in [0.1, 0.15) is 24.5 Å². The molecule has 1 aliphatic rings. The number of carboxylic acids is 3. The van der Waals surface area contributed by atoms with Crippen LogP contribution in [0, 0.1) is 0 Å². The van der Waals surface area contributed by atoms with Crippen molar-refractivity contribution >= 4 is 17.9 Å². The SMILES string of the molecule is CC(=O)O.CC(=O)O.CC(=O)O.O=c1cnn([C@@H]2O[C@H](CO)[C@@H](O)[C@H]2O)c(=O)[nH]1. The maximum Gasteiger partial charge on any atom is 0.347 e. The average molecular weight is 425 g/mol. The quantitative estimate of drug-likeness (QED) is 0.247. The minimum atomic E-state index is -1.41. The molecule has 0 aromatic carbocycles. The summed E-state index contributed by atoms with van der Waals surface area (Å²) in [6.45, 7) is 2.74. The third kappa shape index (κ3) is 12.8. The summed E-state index contributed by atoms with van der Waals surface area (Å²) in [5.41, 5.74) is -1.55. The first-order valence-electron chi connectivity index (χ1n) is 7.63. The van der Waals surface area contributed by atoms with E-state index in [1.165, 1.54) is 0 Å². The number of aliphatic hydroxyl groups excluding tert-OH is 3. The van der Waals surface area contributed by atoms with Gasteiger partial charge in [0, 0.05) is 20.8 Å². The topological polar surface area (TPSA) is 250 Å². The highest BCUT2D eigenvalue weighted by molar-refractivity contribution is 5.63. The van der Waals surface area contributed by atoms with Crippen molar-refractivity contribution in [1.29, 1.82) is 0 Å². The Bertz CT molecular complexity index is 733. The Kier molecular flexibility index (Phi) is 13.5. The normalized spacial score (nSPS) is 21.9. The number of aromatic amines is 1. The van der Waals surface area contributed by atoms with E-state index in [2.05, 4.69) is 5.10 Å². The number of nitrogens with one attached hydrogen (secondary N) is 1. The smallest absolute Gasteiger partial charge is 0.347 e. The zero-order valence-corrected chi connectivity index (χ0v) is 15.6. The molecule has 2 heterocycles. The van der Waals surface area contributed by atoms with Gasteiger partial charge >= 0.3 is 5.69 Å². The van der Waals surface area contributed by atoms with Crippen LogP contribution in [0.25, 0.3) is 0 Å². The summed E-state index contributed by atoms with van der Waals surface area (Å²) in [6.07, 6.45) is -4.15. The van der Waals surface area contributed by atoms with E-state index in [0.29, 0.717) is 4.68 Å². The molecular formula is C14H23N3O12. The van der Waals surface area contributed by atoms with Crippen LogP contribution < -0.4 is 11.2 Å². The second kappa shape index (κ2) is 13.9. The number of hydrogen-bond acceptors (Lipinski definition) is 10. The number of aromatic nitrogens is 3. The van der Waals surface area contributed by atoms with E-state index in [9.17, 15) is 19.8 Å². The minimum Gasteiger partial charge on any atom is -0.481 e. The Balaban J connectivity index is 0. The Morgan fingerprint density at radius 3 is 1.76 bits per heavy atom. The van der Waals surface area contributed by atoms with Crippen molar-refractivity contribution in [3.63, 3.8) is 0 Å². The first-order chi connectivity index (χ1) is 13.2. The average Bonchev–Trinajstić information content (AvgIpc) is 2.81. The summed E-state index contributed by atoms with van der Waals surface area (Å²) < 4.78 is 5.77. The lowest BCUT2D eigenvalue weighted by atomic mass is 10.1. The van der Waals surface area contributed by atoms with E-state index in [4.69, 9.17) is 39.5 Å². The minimum absolute atomic E-state index is 0.507. The highest BCUT2D eigenvalue weighted by Gasteiger charge is 2.44. The lowest BCUT2D eigenvalue weighted by Crippen LogP contribution is -2.39. The zero-order valence-electron chi connectivity index (χ0n) is 15.6. The largest absolute Gasteiger partial charge is 0.481 e. The second-order valence-electron chi connectivity index (χ2n) is 5.17. The molecule has 0 aliphatic carbocycles. The molecule has 166 valence electrons. The molecule has 2 rings (SSSR count). The van der Waals surface area contributed by atoms with Gasteiger partial charge in [0.25, 0.3) is 23.5 Å². The molecule has 1 fully saturated rings. The maximum absolute atomic E-state index is 11.4. The summed E-state index contributed by atoms with van der Waals surface area (Å²) >= 11 is 0. The van der Waals surface area contributed by atoms with Gasteiger partial charge in [0.2, 0.25) is 0 Å². The zero-order chi connectivity index (χ0) is 23.3. The highest BCUT2D eigenvalue weighted by Crippen LogP contribution is 2.27. The predicted molar refractivity (Wildman–Crippen MR) is 92.1 cm³/mol. The van der Waals surface area contributed by atoms with Crippen LogP contribution in [-0.2, 0) is 19.1 Å². The van der Waals surface area contributed by atoms with E-state index >= 15 is 0 Å². The van der Waals surface area contributed by atoms with Crippen molar-refractivity contribution in [1.82, 2.24) is 14.8 Å². The van der Waals surface area contributed by atoms with Crippen LogP contribution in [0.4, 0.5) is 0 Å². The molecule has 0 saturated carbocycles. The molecule has 1 aromatic heterocycles. The summed E-state index contributed by atoms with van der Waals surface area (Å²) in [7, 11) is 0. The standard InChI is InChI=1S/C8H11N3O6.3C2H4O2/c12-2-3-5(14)6(15)7(17-3)11-8(16)10-4(13)1-9-11;3*1-2(3)4/h1,3,5-7,12,14-15H,2H2,(H,10,13,16);3*1H3,(H,3,4)/t3-,5-,6-,7-;;;/m1.../s1. The molecule has 29 heavy (non-hydrogen) atoms. The van der Waals surface area contributed by atoms with Crippen LogP contribution in [0.15, 0.2) is 15.8 Å². The fourth-order valence-electron chi connectivity index (χ4n) is 1.63. The fourth-order valence-corrected chi connectivity index (χ4v) is 1.63. The second-order valence-corrected chi connectivity index (χ2v) is 5.17. The van der Waals surface area contributed by atoms with Gasteiger partial charge in [-0.25, -0.2) is 4.79 Å². The van der Waals surface area contributed by atoms with Crippen LogP contribution in [0.2, 0.25) is 0 Å². The molecule has 1 aliphatic heterocycles. The van der Waals surface area contributed by atoms with Crippen molar-refractivity contribution in [2.45, 2.75) is 45.3 Å². The fraction of sp³-hybridized carbons (Fsp3) is 0.571. The molecule has 0 unspecified atom stereocenters. The Labute approximate surface area is 162 Å². The van der Waals surface area contributed by atoms with E-state index in [1.54, 1.807) is 0 Å². The molecule has 0 bridgehead atoms. The highest BCUT2D eigenvalue weighted by atomic mass is 16.6. The number of H-pyrrole nitrogens is 1. The molecule has 7 N–H and O–H groups in total. The third-order valence-corrected chi connectivity index (χ3v) is 2.50. The number of ether oxygens (including phenoxy) is 1. The predicted octanol–water partition coefficient (Wildman–Crippen LogP) is -3.18. The van der Waals surface area contributed by atoms with Crippen molar-refractivity contribution in [3.05, 3.63) is 27.0 Å². The van der Waals surface area contributed by atoms with Crippen LogP contribution in [-0.4, -0.2) is 88.2 Å². The molecule has 15 heteroatoms. The third-order valence-electron chi connectivity index (χ3n) is 2.50. The number of aliphatic carboxylic acids is 3. The van der Waals surface area contributed by atoms with Crippen molar-refractivity contribution < 1.29 is 49.8 Å². The molecule has 0 spiro atoms. The van der Waals surface area contributed by atoms with Gasteiger partial charge < -0.3 is 35.4 Å². The van der Waals surface area contributed by atoms with Gasteiger partial charge in [0.15, 0.2) is 6.23 Å². The van der Waals surface area contributed by atoms with E-state index < -0.39 is 60.3 Å². The molecule has 15 nitrogen and oxygen atoms in total. The molecule has 1 saturated heterocycles. The Morgan fingerprint density at radius 1 is 1.03 bits per heavy atom. The summed E-state index contributed by atoms with van der Waals surface area (Å²) in [5.74, 6) is -2.50. The number of carbonyl (C=O) groups is 3. The van der Waals surface area contributed by atoms with Gasteiger partial charge in [-0.3, -0.25) is 24.2 Å². The summed E-state index contributed by atoms with van der Waals surface area (Å²) in [4.78, 5) is 51.1. The Hall–Kier alpha value is -3.14. The van der Waals surface area contributed by atoms with Crippen LogP contribution in [0.1, 0.15) is 27.0 Å².